The number of aromatic nitrogens is 2. The van der Waals surface area contributed by atoms with Crippen LogP contribution in [0.2, 0.25) is 5.02 Å². The number of benzene rings is 1. The molecule has 1 amide bonds. The summed E-state index contributed by atoms with van der Waals surface area (Å²) in [7, 11) is 0. The summed E-state index contributed by atoms with van der Waals surface area (Å²) >= 11 is 5.79. The Bertz CT molecular complexity index is 1010. The lowest BCUT2D eigenvalue weighted by molar-refractivity contribution is -0.139. The summed E-state index contributed by atoms with van der Waals surface area (Å²) in [6, 6.07) is 5.02. The number of amides is 1. The molecule has 1 aromatic carbocycles. The van der Waals surface area contributed by atoms with Crippen LogP contribution in [0.1, 0.15) is 51.4 Å². The highest BCUT2D eigenvalue weighted by Gasteiger charge is 2.47. The molecule has 7 nitrogen and oxygen atoms in total. The van der Waals surface area contributed by atoms with E-state index in [0.29, 0.717) is 6.54 Å². The van der Waals surface area contributed by atoms with Gasteiger partial charge in [-0.2, -0.15) is 18.3 Å². The highest BCUT2D eigenvalue weighted by molar-refractivity contribution is 6.31. The highest BCUT2D eigenvalue weighted by atomic mass is 35.5. The molecule has 0 bridgehead atoms. The Morgan fingerprint density at radius 3 is 2.77 bits per heavy atom. The number of nitrogens with zero attached hydrogens (tertiary/aromatic N) is 2. The Morgan fingerprint density at radius 2 is 2.10 bits per heavy atom. The molecule has 4 rings (SSSR count). The molecule has 1 aromatic heterocycles. The summed E-state index contributed by atoms with van der Waals surface area (Å²) < 4.78 is 46.3. The van der Waals surface area contributed by atoms with E-state index in [1.54, 1.807) is 0 Å². The number of hydrogen-bond acceptors (Lipinski definition) is 4. The van der Waals surface area contributed by atoms with Gasteiger partial charge in [-0.25, -0.2) is 4.79 Å². The quantitative estimate of drug-likeness (QED) is 0.701. The second-order valence-electron chi connectivity index (χ2n) is 7.76. The molecule has 3 atom stereocenters. The zero-order chi connectivity index (χ0) is 22.3. The fourth-order valence-corrected chi connectivity index (χ4v) is 4.84. The first kappa shape index (κ1) is 21.6. The zero-order valence-electron chi connectivity index (χ0n) is 16.2. The molecule has 166 valence electrons. The number of aromatic amines is 1. The summed E-state index contributed by atoms with van der Waals surface area (Å²) in [5.41, 5.74) is -1.37. The largest absolute Gasteiger partial charge is 0.477 e. The maximum atomic E-state index is 13.5. The van der Waals surface area contributed by atoms with Crippen molar-refractivity contribution in [2.24, 2.45) is 11.8 Å². The molecule has 2 heterocycles. The lowest BCUT2D eigenvalue weighted by atomic mass is 9.99. The normalized spacial score (nSPS) is 23.2. The van der Waals surface area contributed by atoms with Crippen molar-refractivity contribution in [3.8, 4) is 0 Å². The second-order valence-corrected chi connectivity index (χ2v) is 8.16. The average Bonchev–Trinajstić information content (AvgIpc) is 3.41. The van der Waals surface area contributed by atoms with Crippen molar-refractivity contribution in [2.45, 2.75) is 38.3 Å². The molecule has 2 aliphatic rings. The number of nitrogens with one attached hydrogen (secondary N) is 1. The predicted octanol–water partition coefficient (Wildman–Crippen LogP) is 4.20. The number of alkyl halides is 3. The number of carboxylic acid groups (broad SMARTS) is 1. The minimum atomic E-state index is -4.64. The number of fused-ring (bicyclic) bond motifs is 1. The van der Waals surface area contributed by atoms with Gasteiger partial charge < -0.3 is 14.7 Å². The van der Waals surface area contributed by atoms with E-state index in [0.717, 1.165) is 25.3 Å². The number of H-pyrrole nitrogens is 1. The van der Waals surface area contributed by atoms with Gasteiger partial charge in [-0.05, 0) is 30.4 Å². The monoisotopic (exact) mass is 457 g/mol. The number of ether oxygens (including phenoxy) is 1. The van der Waals surface area contributed by atoms with E-state index in [1.807, 2.05) is 0 Å². The molecule has 1 aliphatic carbocycles. The van der Waals surface area contributed by atoms with Gasteiger partial charge in [0.2, 0.25) is 0 Å². The van der Waals surface area contributed by atoms with Crippen LogP contribution in [0, 0.1) is 11.8 Å². The number of carbonyl (C=O) groups is 2. The molecule has 11 heteroatoms. The van der Waals surface area contributed by atoms with Crippen LogP contribution in [0.5, 0.6) is 0 Å². The Hall–Kier alpha value is -2.59. The van der Waals surface area contributed by atoms with Crippen molar-refractivity contribution >= 4 is 23.5 Å². The first-order valence-corrected chi connectivity index (χ1v) is 10.1. The van der Waals surface area contributed by atoms with Gasteiger partial charge in [-0.15, -0.1) is 0 Å². The minimum Gasteiger partial charge on any atom is -0.477 e. The molecule has 2 fully saturated rings. The van der Waals surface area contributed by atoms with Gasteiger partial charge in [0, 0.05) is 18.5 Å². The Kier molecular flexibility index (Phi) is 5.69. The van der Waals surface area contributed by atoms with E-state index >= 15 is 0 Å². The summed E-state index contributed by atoms with van der Waals surface area (Å²) in [6.45, 7) is 0.0130. The number of likely N-dealkylation sites (tertiary alicyclic amines) is 1. The fraction of sp³-hybridized carbons (Fsp3) is 0.450. The van der Waals surface area contributed by atoms with Crippen LogP contribution in [0.4, 0.5) is 13.2 Å². The first-order chi connectivity index (χ1) is 14.7. The van der Waals surface area contributed by atoms with Crippen molar-refractivity contribution in [3.63, 3.8) is 0 Å². The molecule has 1 aliphatic heterocycles. The lowest BCUT2D eigenvalue weighted by Crippen LogP contribution is -2.40. The van der Waals surface area contributed by atoms with E-state index in [9.17, 15) is 22.8 Å². The molecule has 1 unspecified atom stereocenters. The highest BCUT2D eigenvalue weighted by Crippen LogP contribution is 2.44. The van der Waals surface area contributed by atoms with Crippen molar-refractivity contribution in [1.82, 2.24) is 15.1 Å². The van der Waals surface area contributed by atoms with E-state index in [2.05, 4.69) is 10.2 Å². The van der Waals surface area contributed by atoms with E-state index in [4.69, 9.17) is 21.4 Å². The molecule has 1 saturated heterocycles. The number of carbonyl (C=O) groups excluding carboxylic acids is 1. The summed E-state index contributed by atoms with van der Waals surface area (Å²) in [4.78, 5) is 25.5. The van der Waals surface area contributed by atoms with Gasteiger partial charge in [0.25, 0.3) is 5.91 Å². The van der Waals surface area contributed by atoms with E-state index in [-0.39, 0.29) is 35.4 Å². The van der Waals surface area contributed by atoms with Crippen LogP contribution >= 0.6 is 11.6 Å². The third-order valence-electron chi connectivity index (χ3n) is 5.90. The summed E-state index contributed by atoms with van der Waals surface area (Å²) in [5.74, 6) is -1.60. The van der Waals surface area contributed by atoms with Crippen molar-refractivity contribution < 1.29 is 32.6 Å². The van der Waals surface area contributed by atoms with Crippen molar-refractivity contribution in [2.75, 3.05) is 6.54 Å². The molecule has 2 N–H and O–H groups in total. The topological polar surface area (TPSA) is 95.5 Å². The van der Waals surface area contributed by atoms with Gasteiger partial charge >= 0.3 is 12.1 Å². The molecule has 0 spiro atoms. The van der Waals surface area contributed by atoms with Gasteiger partial charge in [0.05, 0.1) is 17.2 Å². The molecular formula is C20H19ClF3N3O4. The third-order valence-corrected chi connectivity index (χ3v) is 6.22. The van der Waals surface area contributed by atoms with Gasteiger partial charge in [0.15, 0.2) is 5.69 Å². The molecule has 2 aromatic rings. The molecule has 31 heavy (non-hydrogen) atoms. The number of hydrogen-bond donors (Lipinski definition) is 2. The zero-order valence-corrected chi connectivity index (χ0v) is 16.9. The SMILES string of the molecule is O=C(O)c1cc(C(=O)N2C[C@@H]3CCC[C@@H]3C2OCc2cccc(Cl)c2C(F)(F)F)n[nH]1. The average molecular weight is 458 g/mol. The molecular weight excluding hydrogens is 439 g/mol. The number of halogens is 4. The number of carboxylic acids is 1. The standard InChI is InChI=1S/C20H19ClF3N3O4/c21-13-6-2-4-11(16(13)20(22,23)24)9-31-18-12-5-1-3-10(12)8-27(18)17(28)14-7-15(19(29)30)26-25-14/h2,4,6-7,10,12,18H,1,3,5,8-9H2,(H,25,26)(H,29,30)/t10-,12-,18?/m0/s1. The predicted molar refractivity (Wildman–Crippen MR) is 102 cm³/mol. The third kappa shape index (κ3) is 4.14. The van der Waals surface area contributed by atoms with E-state index in [1.165, 1.54) is 23.1 Å². The lowest BCUT2D eigenvalue weighted by Gasteiger charge is -2.28. The number of rotatable bonds is 5. The summed E-state index contributed by atoms with van der Waals surface area (Å²) in [5, 5.41) is 14.7. The maximum Gasteiger partial charge on any atom is 0.418 e. The van der Waals surface area contributed by atoms with Gasteiger partial charge in [-0.3, -0.25) is 9.89 Å². The van der Waals surface area contributed by atoms with Crippen LogP contribution < -0.4 is 0 Å². The van der Waals surface area contributed by atoms with Crippen LogP contribution in [0.3, 0.4) is 0 Å². The summed E-state index contributed by atoms with van der Waals surface area (Å²) in [6.07, 6.45) is -2.74. The fourth-order valence-electron chi connectivity index (χ4n) is 4.54. The second kappa shape index (κ2) is 8.16. The minimum absolute atomic E-state index is 0.00430. The Balaban J connectivity index is 1.57. The van der Waals surface area contributed by atoms with E-state index < -0.39 is 34.9 Å². The Morgan fingerprint density at radius 1 is 1.32 bits per heavy atom. The van der Waals surface area contributed by atoms with Gasteiger partial charge in [-0.1, -0.05) is 30.2 Å². The van der Waals surface area contributed by atoms with Crippen molar-refractivity contribution in [3.05, 3.63) is 51.8 Å². The smallest absolute Gasteiger partial charge is 0.418 e. The van der Waals surface area contributed by atoms with Crippen LogP contribution in [0.25, 0.3) is 0 Å². The van der Waals surface area contributed by atoms with Crippen LogP contribution in [0.15, 0.2) is 24.3 Å². The van der Waals surface area contributed by atoms with Crippen LogP contribution in [-0.4, -0.2) is 44.9 Å². The van der Waals surface area contributed by atoms with Crippen LogP contribution in [-0.2, 0) is 17.5 Å². The first-order valence-electron chi connectivity index (χ1n) is 9.72. The Labute approximate surface area is 180 Å². The molecule has 1 saturated carbocycles. The number of aromatic carboxylic acids is 1. The van der Waals surface area contributed by atoms with Gasteiger partial charge in [0.1, 0.15) is 11.9 Å². The molecule has 0 radical (unpaired) electrons. The van der Waals surface area contributed by atoms with Crippen molar-refractivity contribution in [1.29, 1.82) is 0 Å². The maximum absolute atomic E-state index is 13.5.